The molecule has 0 aliphatic heterocycles. The van der Waals surface area contributed by atoms with Crippen LogP contribution in [0.25, 0.3) is 0 Å². The van der Waals surface area contributed by atoms with E-state index in [2.05, 4.69) is 0 Å². The monoisotopic (exact) mass is 226 g/mol. The van der Waals surface area contributed by atoms with Gasteiger partial charge in [-0.2, -0.15) is 0 Å². The smallest absolute Gasteiger partial charge is 0.194 e. The van der Waals surface area contributed by atoms with E-state index >= 15 is 0 Å². The molecular formula is C11H11ClO3. The molecule has 0 bridgehead atoms. The number of rotatable bonds is 4. The fourth-order valence-corrected chi connectivity index (χ4v) is 1.35. The molecule has 0 atom stereocenters. The van der Waals surface area contributed by atoms with Crippen molar-refractivity contribution in [3.8, 4) is 11.5 Å². The zero-order chi connectivity index (χ0) is 11.3. The van der Waals surface area contributed by atoms with Gasteiger partial charge in [0.1, 0.15) is 17.1 Å². The van der Waals surface area contributed by atoms with Crippen molar-refractivity contribution in [2.45, 2.75) is 0 Å². The summed E-state index contributed by atoms with van der Waals surface area (Å²) in [7, 11) is 2.99. The van der Waals surface area contributed by atoms with Crippen LogP contribution in [0.4, 0.5) is 0 Å². The van der Waals surface area contributed by atoms with Crippen LogP contribution < -0.4 is 9.47 Å². The first-order valence-corrected chi connectivity index (χ1v) is 4.70. The van der Waals surface area contributed by atoms with E-state index in [1.54, 1.807) is 18.2 Å². The van der Waals surface area contributed by atoms with Gasteiger partial charge in [-0.1, -0.05) is 17.7 Å². The van der Waals surface area contributed by atoms with Gasteiger partial charge in [0.15, 0.2) is 5.78 Å². The first-order valence-electron chi connectivity index (χ1n) is 4.26. The molecule has 3 nitrogen and oxygen atoms in total. The fourth-order valence-electron chi connectivity index (χ4n) is 1.23. The lowest BCUT2D eigenvalue weighted by atomic mass is 10.1. The third kappa shape index (κ3) is 2.50. The molecule has 1 aromatic rings. The summed E-state index contributed by atoms with van der Waals surface area (Å²) in [6, 6.07) is 5.13. The molecule has 0 fully saturated rings. The highest BCUT2D eigenvalue weighted by Gasteiger charge is 2.15. The Morgan fingerprint density at radius 1 is 1.27 bits per heavy atom. The van der Waals surface area contributed by atoms with Gasteiger partial charge in [-0.05, 0) is 18.2 Å². The first-order chi connectivity index (χ1) is 7.24. The second-order valence-corrected chi connectivity index (χ2v) is 2.95. The second kappa shape index (κ2) is 5.41. The van der Waals surface area contributed by atoms with Crippen LogP contribution in [0, 0.1) is 0 Å². The SMILES string of the molecule is COc1cccc(OC)c1C(=O)/C=C/Cl. The number of allylic oxidation sites excluding steroid dienone is 1. The minimum absolute atomic E-state index is 0.251. The highest BCUT2D eigenvalue weighted by Crippen LogP contribution is 2.28. The van der Waals surface area contributed by atoms with E-state index in [0.29, 0.717) is 17.1 Å². The quantitative estimate of drug-likeness (QED) is 0.585. The Morgan fingerprint density at radius 3 is 2.20 bits per heavy atom. The van der Waals surface area contributed by atoms with Gasteiger partial charge in [-0.15, -0.1) is 0 Å². The van der Waals surface area contributed by atoms with Gasteiger partial charge in [0.05, 0.1) is 14.2 Å². The third-order valence-electron chi connectivity index (χ3n) is 1.89. The molecule has 0 amide bonds. The molecule has 0 saturated carbocycles. The van der Waals surface area contributed by atoms with Crippen LogP contribution in [-0.2, 0) is 0 Å². The lowest BCUT2D eigenvalue weighted by molar-refractivity contribution is 0.104. The van der Waals surface area contributed by atoms with E-state index in [0.717, 1.165) is 5.54 Å². The average Bonchev–Trinajstić information content (AvgIpc) is 2.28. The average molecular weight is 227 g/mol. The van der Waals surface area contributed by atoms with Crippen LogP contribution >= 0.6 is 11.6 Å². The summed E-state index contributed by atoms with van der Waals surface area (Å²) < 4.78 is 10.2. The lowest BCUT2D eigenvalue weighted by Crippen LogP contribution is -2.02. The van der Waals surface area contributed by atoms with Gasteiger partial charge >= 0.3 is 0 Å². The molecule has 80 valence electrons. The minimum Gasteiger partial charge on any atom is -0.496 e. The van der Waals surface area contributed by atoms with Gasteiger partial charge in [0.25, 0.3) is 0 Å². The molecule has 0 saturated heterocycles. The summed E-state index contributed by atoms with van der Waals surface area (Å²) in [5.74, 6) is 0.683. The highest BCUT2D eigenvalue weighted by atomic mass is 35.5. The van der Waals surface area contributed by atoms with Gasteiger partial charge in [0, 0.05) is 5.54 Å². The normalized spacial score (nSPS) is 10.3. The molecular weight excluding hydrogens is 216 g/mol. The molecule has 4 heteroatoms. The number of carbonyl (C=O) groups excluding carboxylic acids is 1. The molecule has 0 aromatic heterocycles. The van der Waals surface area contributed by atoms with E-state index in [-0.39, 0.29) is 5.78 Å². The Labute approximate surface area is 93.3 Å². The maximum Gasteiger partial charge on any atom is 0.194 e. The Morgan fingerprint density at radius 2 is 1.80 bits per heavy atom. The standard InChI is InChI=1S/C11H11ClO3/c1-14-9-4-3-5-10(15-2)11(9)8(13)6-7-12/h3-7H,1-2H3/b7-6+. The topological polar surface area (TPSA) is 35.5 Å². The molecule has 15 heavy (non-hydrogen) atoms. The summed E-state index contributed by atoms with van der Waals surface area (Å²) >= 11 is 5.35. The molecule has 0 aliphatic rings. The van der Waals surface area contributed by atoms with Crippen molar-refractivity contribution >= 4 is 17.4 Å². The molecule has 0 heterocycles. The largest absolute Gasteiger partial charge is 0.496 e. The number of methoxy groups -OCH3 is 2. The number of carbonyl (C=O) groups is 1. The van der Waals surface area contributed by atoms with E-state index in [1.165, 1.54) is 20.3 Å². The Hall–Kier alpha value is -1.48. The van der Waals surface area contributed by atoms with E-state index in [9.17, 15) is 4.79 Å². The van der Waals surface area contributed by atoms with Crippen LogP contribution in [0.2, 0.25) is 0 Å². The molecule has 0 N–H and O–H groups in total. The van der Waals surface area contributed by atoms with Crippen LogP contribution in [0.5, 0.6) is 11.5 Å². The van der Waals surface area contributed by atoms with Crippen LogP contribution in [0.1, 0.15) is 10.4 Å². The number of halogens is 1. The predicted molar refractivity (Wildman–Crippen MR) is 58.9 cm³/mol. The third-order valence-corrected chi connectivity index (χ3v) is 2.01. The van der Waals surface area contributed by atoms with Crippen LogP contribution in [-0.4, -0.2) is 20.0 Å². The molecule has 1 aromatic carbocycles. The number of ketones is 1. The first kappa shape index (κ1) is 11.6. The van der Waals surface area contributed by atoms with Crippen molar-refractivity contribution < 1.29 is 14.3 Å². The molecule has 0 spiro atoms. The number of ether oxygens (including phenoxy) is 2. The zero-order valence-corrected chi connectivity index (χ0v) is 9.25. The predicted octanol–water partition coefficient (Wildman–Crippen LogP) is 2.64. The molecule has 0 unspecified atom stereocenters. The Balaban J connectivity index is 3.27. The Bertz CT molecular complexity index is 363. The summed E-state index contributed by atoms with van der Waals surface area (Å²) in [6.07, 6.45) is 1.25. The minimum atomic E-state index is -0.251. The fraction of sp³-hybridized carbons (Fsp3) is 0.182. The van der Waals surface area contributed by atoms with Gasteiger partial charge in [-0.3, -0.25) is 4.79 Å². The van der Waals surface area contributed by atoms with Crippen molar-refractivity contribution in [1.29, 1.82) is 0 Å². The van der Waals surface area contributed by atoms with Crippen molar-refractivity contribution in [1.82, 2.24) is 0 Å². The molecule has 1 rings (SSSR count). The molecule has 0 aliphatic carbocycles. The van der Waals surface area contributed by atoms with Crippen molar-refractivity contribution in [2.75, 3.05) is 14.2 Å². The summed E-state index contributed by atoms with van der Waals surface area (Å²) in [5.41, 5.74) is 1.54. The Kier molecular flexibility index (Phi) is 4.18. The molecule has 0 radical (unpaired) electrons. The number of hydrogen-bond donors (Lipinski definition) is 0. The van der Waals surface area contributed by atoms with Gasteiger partial charge in [0.2, 0.25) is 0 Å². The van der Waals surface area contributed by atoms with Crippen LogP contribution in [0.15, 0.2) is 29.8 Å². The summed E-state index contributed by atoms with van der Waals surface area (Å²) in [4.78, 5) is 11.7. The highest BCUT2D eigenvalue weighted by molar-refractivity contribution is 6.27. The maximum atomic E-state index is 11.7. The maximum absolute atomic E-state index is 11.7. The summed E-state index contributed by atoms with van der Waals surface area (Å²) in [6.45, 7) is 0. The van der Waals surface area contributed by atoms with Crippen molar-refractivity contribution in [3.05, 3.63) is 35.4 Å². The number of hydrogen-bond acceptors (Lipinski definition) is 3. The van der Waals surface area contributed by atoms with E-state index < -0.39 is 0 Å². The lowest BCUT2D eigenvalue weighted by Gasteiger charge is -2.09. The second-order valence-electron chi connectivity index (χ2n) is 2.69. The van der Waals surface area contributed by atoms with Crippen molar-refractivity contribution in [3.63, 3.8) is 0 Å². The van der Waals surface area contributed by atoms with Crippen molar-refractivity contribution in [2.24, 2.45) is 0 Å². The summed E-state index contributed by atoms with van der Waals surface area (Å²) in [5, 5.41) is 0. The van der Waals surface area contributed by atoms with Gasteiger partial charge < -0.3 is 9.47 Å². The van der Waals surface area contributed by atoms with E-state index in [1.807, 2.05) is 0 Å². The van der Waals surface area contributed by atoms with Gasteiger partial charge in [-0.25, -0.2) is 0 Å². The zero-order valence-electron chi connectivity index (χ0n) is 8.49. The van der Waals surface area contributed by atoms with E-state index in [4.69, 9.17) is 21.1 Å². The number of benzene rings is 1. The van der Waals surface area contributed by atoms with Crippen LogP contribution in [0.3, 0.4) is 0 Å².